The molecule has 0 unspecified atom stereocenters. The summed E-state index contributed by atoms with van der Waals surface area (Å²) in [5.41, 5.74) is 2.49. The van der Waals surface area contributed by atoms with Gasteiger partial charge in [0.15, 0.2) is 0 Å². The van der Waals surface area contributed by atoms with Gasteiger partial charge in [0, 0.05) is 19.3 Å². The fourth-order valence-corrected chi connectivity index (χ4v) is 1.54. The van der Waals surface area contributed by atoms with Gasteiger partial charge in [0.25, 0.3) is 5.91 Å². The number of aryl methyl sites for hydroxylation is 2. The van der Waals surface area contributed by atoms with Gasteiger partial charge < -0.3 is 10.6 Å². The summed E-state index contributed by atoms with van der Waals surface area (Å²) in [5, 5.41) is 5.72. The van der Waals surface area contributed by atoms with Crippen LogP contribution in [0.4, 0.5) is 5.82 Å². The number of nitrogens with one attached hydrogen (secondary N) is 2. The molecule has 4 heteroatoms. The smallest absolute Gasteiger partial charge is 0.255 e. The topological polar surface area (TPSA) is 54.0 Å². The van der Waals surface area contributed by atoms with Crippen LogP contribution in [0.15, 0.2) is 6.07 Å². The SMILES string of the molecule is CCNc1nc(C)cc(C)c1C(=O)NC. The van der Waals surface area contributed by atoms with Gasteiger partial charge in [0.05, 0.1) is 5.56 Å². The summed E-state index contributed by atoms with van der Waals surface area (Å²) >= 11 is 0. The van der Waals surface area contributed by atoms with Crippen LogP contribution < -0.4 is 10.6 Å². The maximum Gasteiger partial charge on any atom is 0.255 e. The molecule has 2 N–H and O–H groups in total. The lowest BCUT2D eigenvalue weighted by Crippen LogP contribution is -2.22. The Morgan fingerprint density at radius 2 is 2.13 bits per heavy atom. The molecule has 0 radical (unpaired) electrons. The van der Waals surface area contributed by atoms with E-state index in [4.69, 9.17) is 0 Å². The van der Waals surface area contributed by atoms with Crippen LogP contribution in [0.2, 0.25) is 0 Å². The number of hydrogen-bond acceptors (Lipinski definition) is 3. The maximum atomic E-state index is 11.7. The van der Waals surface area contributed by atoms with E-state index >= 15 is 0 Å². The molecular weight excluding hydrogens is 190 g/mol. The van der Waals surface area contributed by atoms with Gasteiger partial charge in [-0.1, -0.05) is 0 Å². The molecule has 1 rings (SSSR count). The zero-order valence-electron chi connectivity index (χ0n) is 9.64. The van der Waals surface area contributed by atoms with Crippen LogP contribution in [0.1, 0.15) is 28.5 Å². The van der Waals surface area contributed by atoms with Crippen LogP contribution in [0.3, 0.4) is 0 Å². The van der Waals surface area contributed by atoms with Crippen molar-refractivity contribution in [3.8, 4) is 0 Å². The van der Waals surface area contributed by atoms with E-state index in [0.29, 0.717) is 11.4 Å². The normalized spacial score (nSPS) is 9.87. The van der Waals surface area contributed by atoms with Crippen molar-refractivity contribution < 1.29 is 4.79 Å². The first kappa shape index (κ1) is 11.5. The maximum absolute atomic E-state index is 11.7. The second kappa shape index (κ2) is 4.77. The van der Waals surface area contributed by atoms with Crippen molar-refractivity contribution in [3.63, 3.8) is 0 Å². The third kappa shape index (κ3) is 2.46. The van der Waals surface area contributed by atoms with Crippen molar-refractivity contribution in [2.75, 3.05) is 18.9 Å². The van der Waals surface area contributed by atoms with Gasteiger partial charge in [0.1, 0.15) is 5.82 Å². The zero-order chi connectivity index (χ0) is 11.4. The van der Waals surface area contributed by atoms with Gasteiger partial charge in [-0.15, -0.1) is 0 Å². The van der Waals surface area contributed by atoms with Crippen molar-refractivity contribution in [2.24, 2.45) is 0 Å². The van der Waals surface area contributed by atoms with E-state index < -0.39 is 0 Å². The molecule has 1 aromatic rings. The molecule has 0 aromatic carbocycles. The number of anilines is 1. The molecule has 82 valence electrons. The summed E-state index contributed by atoms with van der Waals surface area (Å²) in [6, 6.07) is 1.91. The molecular formula is C11H17N3O. The number of hydrogen-bond donors (Lipinski definition) is 2. The van der Waals surface area contributed by atoms with Crippen molar-refractivity contribution in [1.29, 1.82) is 0 Å². The quantitative estimate of drug-likeness (QED) is 0.789. The average molecular weight is 207 g/mol. The number of aromatic nitrogens is 1. The molecule has 0 aliphatic rings. The van der Waals surface area contributed by atoms with E-state index in [2.05, 4.69) is 15.6 Å². The lowest BCUT2D eigenvalue weighted by atomic mass is 10.1. The van der Waals surface area contributed by atoms with Gasteiger partial charge in [-0.05, 0) is 32.4 Å². The largest absolute Gasteiger partial charge is 0.370 e. The Morgan fingerprint density at radius 3 is 2.67 bits per heavy atom. The second-order valence-electron chi connectivity index (χ2n) is 3.41. The van der Waals surface area contributed by atoms with Gasteiger partial charge in [-0.2, -0.15) is 0 Å². The number of pyridine rings is 1. The molecule has 0 saturated carbocycles. The average Bonchev–Trinajstić information content (AvgIpc) is 2.16. The Labute approximate surface area is 90.1 Å². The van der Waals surface area contributed by atoms with Crippen LogP contribution in [0, 0.1) is 13.8 Å². The van der Waals surface area contributed by atoms with Gasteiger partial charge in [-0.25, -0.2) is 4.98 Å². The summed E-state index contributed by atoms with van der Waals surface area (Å²) in [7, 11) is 1.62. The van der Waals surface area contributed by atoms with Crippen LogP contribution in [0.5, 0.6) is 0 Å². The van der Waals surface area contributed by atoms with E-state index in [0.717, 1.165) is 17.8 Å². The van der Waals surface area contributed by atoms with E-state index in [-0.39, 0.29) is 5.91 Å². The molecule has 1 amide bonds. The van der Waals surface area contributed by atoms with Crippen molar-refractivity contribution in [3.05, 3.63) is 22.9 Å². The van der Waals surface area contributed by atoms with Crippen LogP contribution in [-0.2, 0) is 0 Å². The minimum Gasteiger partial charge on any atom is -0.370 e. The lowest BCUT2D eigenvalue weighted by molar-refractivity contribution is 0.0963. The third-order valence-corrected chi connectivity index (χ3v) is 2.14. The number of carbonyl (C=O) groups is 1. The molecule has 0 saturated heterocycles. The first-order chi connectivity index (χ1) is 7.10. The Kier molecular flexibility index (Phi) is 3.66. The highest BCUT2D eigenvalue weighted by molar-refractivity contribution is 6.00. The molecule has 4 nitrogen and oxygen atoms in total. The van der Waals surface area contributed by atoms with Gasteiger partial charge in [0.2, 0.25) is 0 Å². The van der Waals surface area contributed by atoms with Crippen LogP contribution >= 0.6 is 0 Å². The molecule has 0 fully saturated rings. The summed E-state index contributed by atoms with van der Waals surface area (Å²) in [6.45, 7) is 6.56. The number of carbonyl (C=O) groups excluding carboxylic acids is 1. The molecule has 0 spiro atoms. The molecule has 0 aliphatic heterocycles. The second-order valence-corrected chi connectivity index (χ2v) is 3.41. The highest BCUT2D eigenvalue weighted by atomic mass is 16.1. The fourth-order valence-electron chi connectivity index (χ4n) is 1.54. The summed E-state index contributed by atoms with van der Waals surface area (Å²) < 4.78 is 0. The lowest BCUT2D eigenvalue weighted by Gasteiger charge is -2.12. The Hall–Kier alpha value is -1.58. The fraction of sp³-hybridized carbons (Fsp3) is 0.455. The first-order valence-corrected chi connectivity index (χ1v) is 5.04. The van der Waals surface area contributed by atoms with Crippen molar-refractivity contribution in [2.45, 2.75) is 20.8 Å². The summed E-state index contributed by atoms with van der Waals surface area (Å²) in [4.78, 5) is 16.0. The first-order valence-electron chi connectivity index (χ1n) is 5.04. The van der Waals surface area contributed by atoms with Crippen molar-refractivity contribution >= 4 is 11.7 Å². The standard InChI is InChI=1S/C11H17N3O/c1-5-13-10-9(11(15)12-4)7(2)6-8(3)14-10/h6H,5H2,1-4H3,(H,12,15)(H,13,14). The minimum absolute atomic E-state index is 0.101. The highest BCUT2D eigenvalue weighted by Gasteiger charge is 2.14. The van der Waals surface area contributed by atoms with E-state index in [1.54, 1.807) is 7.05 Å². The summed E-state index contributed by atoms with van der Waals surface area (Å²) in [5.74, 6) is 0.560. The van der Waals surface area contributed by atoms with Gasteiger partial charge in [-0.3, -0.25) is 4.79 Å². The monoisotopic (exact) mass is 207 g/mol. The van der Waals surface area contributed by atoms with Crippen LogP contribution in [-0.4, -0.2) is 24.5 Å². The predicted molar refractivity (Wildman–Crippen MR) is 61.3 cm³/mol. The molecule has 1 aromatic heterocycles. The number of nitrogens with zero attached hydrogens (tertiary/aromatic N) is 1. The van der Waals surface area contributed by atoms with E-state index in [1.807, 2.05) is 26.8 Å². The molecule has 15 heavy (non-hydrogen) atoms. The third-order valence-electron chi connectivity index (χ3n) is 2.14. The van der Waals surface area contributed by atoms with Crippen LogP contribution in [0.25, 0.3) is 0 Å². The Morgan fingerprint density at radius 1 is 1.47 bits per heavy atom. The number of amides is 1. The van der Waals surface area contributed by atoms with Gasteiger partial charge >= 0.3 is 0 Å². The predicted octanol–water partition coefficient (Wildman–Crippen LogP) is 1.49. The zero-order valence-corrected chi connectivity index (χ0v) is 9.64. The molecule has 0 bridgehead atoms. The minimum atomic E-state index is -0.101. The molecule has 0 aliphatic carbocycles. The highest BCUT2D eigenvalue weighted by Crippen LogP contribution is 2.18. The summed E-state index contributed by atoms with van der Waals surface area (Å²) in [6.07, 6.45) is 0. The van der Waals surface area contributed by atoms with Crippen molar-refractivity contribution in [1.82, 2.24) is 10.3 Å². The van der Waals surface area contributed by atoms with E-state index in [9.17, 15) is 4.79 Å². The Balaban J connectivity index is 3.26. The number of rotatable bonds is 3. The molecule has 1 heterocycles. The Bertz CT molecular complexity index is 374. The molecule has 0 atom stereocenters. The van der Waals surface area contributed by atoms with E-state index in [1.165, 1.54) is 0 Å².